The molecular formula is C6H9N3. The van der Waals surface area contributed by atoms with Crippen LogP contribution >= 0.6 is 0 Å². The Morgan fingerprint density at radius 1 is 1.78 bits per heavy atom. The second-order valence-electron chi connectivity index (χ2n) is 1.77. The molecule has 0 amide bonds. The lowest BCUT2D eigenvalue weighted by Crippen LogP contribution is -1.87. The lowest BCUT2D eigenvalue weighted by Gasteiger charge is -1.81. The minimum absolute atomic E-state index is 0.889. The number of hydrogen-bond acceptors (Lipinski definition) is 2. The molecule has 0 bridgehead atoms. The van der Waals surface area contributed by atoms with Crippen LogP contribution in [0.15, 0.2) is 18.5 Å². The molecule has 0 aliphatic rings. The van der Waals surface area contributed by atoms with Gasteiger partial charge in [0.2, 0.25) is 0 Å². The topological polar surface area (TPSA) is 43.8 Å². The van der Waals surface area contributed by atoms with Gasteiger partial charge in [0.05, 0.1) is 5.69 Å². The molecule has 0 aromatic carbocycles. The number of rotatable bonds is 1. The Hall–Kier alpha value is -1.25. The van der Waals surface area contributed by atoms with E-state index < -0.39 is 0 Å². The monoisotopic (exact) mass is 123 g/mol. The van der Waals surface area contributed by atoms with Crippen molar-refractivity contribution in [2.24, 2.45) is 12.8 Å². The molecule has 3 nitrogen and oxygen atoms in total. The van der Waals surface area contributed by atoms with Crippen LogP contribution in [0.4, 0.5) is 0 Å². The lowest BCUT2D eigenvalue weighted by atomic mass is 10.4. The van der Waals surface area contributed by atoms with Gasteiger partial charge < -0.3 is 5.73 Å². The fourth-order valence-corrected chi connectivity index (χ4v) is 0.621. The lowest BCUT2D eigenvalue weighted by molar-refractivity contribution is 0.764. The number of aryl methyl sites for hydroxylation is 1. The molecule has 1 aromatic heterocycles. The summed E-state index contributed by atoms with van der Waals surface area (Å²) in [6.07, 6.45) is 5.09. The Kier molecular flexibility index (Phi) is 1.53. The van der Waals surface area contributed by atoms with Crippen LogP contribution in [0.3, 0.4) is 0 Å². The van der Waals surface area contributed by atoms with E-state index in [9.17, 15) is 0 Å². The van der Waals surface area contributed by atoms with Gasteiger partial charge in [0.25, 0.3) is 0 Å². The molecule has 48 valence electrons. The average Bonchev–Trinajstić information content (AvgIpc) is 2.17. The first-order valence-electron chi connectivity index (χ1n) is 2.71. The zero-order valence-electron chi connectivity index (χ0n) is 5.28. The molecule has 9 heavy (non-hydrogen) atoms. The van der Waals surface area contributed by atoms with Crippen molar-refractivity contribution in [1.82, 2.24) is 9.78 Å². The number of nitrogens with two attached hydrogens (primary N) is 1. The van der Waals surface area contributed by atoms with Crippen LogP contribution in [-0.4, -0.2) is 9.78 Å². The normalized spacial score (nSPS) is 10.8. The number of hydrogen-bond donors (Lipinski definition) is 1. The third kappa shape index (κ3) is 1.32. The Bertz CT molecular complexity index is 212. The van der Waals surface area contributed by atoms with Gasteiger partial charge in [-0.25, -0.2) is 0 Å². The molecule has 3 heteroatoms. The minimum Gasteiger partial charge on any atom is -0.405 e. The quantitative estimate of drug-likeness (QED) is 0.585. The van der Waals surface area contributed by atoms with Crippen molar-refractivity contribution in [2.45, 2.75) is 0 Å². The predicted molar refractivity (Wildman–Crippen MR) is 36.4 cm³/mol. The SMILES string of the molecule is Cn1ccc(/C=C/N)n1. The maximum atomic E-state index is 5.14. The van der Waals surface area contributed by atoms with Crippen LogP contribution in [-0.2, 0) is 7.05 Å². The van der Waals surface area contributed by atoms with E-state index in [-0.39, 0.29) is 0 Å². The molecule has 0 saturated carbocycles. The van der Waals surface area contributed by atoms with Crippen LogP contribution in [0, 0.1) is 0 Å². The zero-order chi connectivity index (χ0) is 6.69. The molecule has 0 spiro atoms. The largest absolute Gasteiger partial charge is 0.405 e. The van der Waals surface area contributed by atoms with E-state index in [4.69, 9.17) is 5.73 Å². The van der Waals surface area contributed by atoms with Crippen molar-refractivity contribution in [3.63, 3.8) is 0 Å². The smallest absolute Gasteiger partial charge is 0.0865 e. The van der Waals surface area contributed by atoms with Crippen LogP contribution in [0.5, 0.6) is 0 Å². The Labute approximate surface area is 53.8 Å². The molecule has 0 unspecified atom stereocenters. The second kappa shape index (κ2) is 2.35. The highest BCUT2D eigenvalue weighted by Crippen LogP contribution is 1.94. The summed E-state index contributed by atoms with van der Waals surface area (Å²) < 4.78 is 1.73. The van der Waals surface area contributed by atoms with Crippen molar-refractivity contribution in [1.29, 1.82) is 0 Å². The van der Waals surface area contributed by atoms with Crippen LogP contribution in [0.25, 0.3) is 6.08 Å². The summed E-state index contributed by atoms with van der Waals surface area (Å²) in [5.74, 6) is 0. The molecule has 0 radical (unpaired) electrons. The van der Waals surface area contributed by atoms with Crippen LogP contribution in [0.1, 0.15) is 5.69 Å². The first-order chi connectivity index (χ1) is 4.33. The van der Waals surface area contributed by atoms with Gasteiger partial charge >= 0.3 is 0 Å². The van der Waals surface area contributed by atoms with Gasteiger partial charge in [-0.1, -0.05) is 0 Å². The van der Waals surface area contributed by atoms with Crippen LogP contribution < -0.4 is 5.73 Å². The summed E-state index contributed by atoms with van der Waals surface area (Å²) in [5, 5.41) is 4.05. The van der Waals surface area contributed by atoms with Gasteiger partial charge in [0.15, 0.2) is 0 Å². The maximum absolute atomic E-state index is 5.14. The molecule has 0 aliphatic carbocycles. The summed E-state index contributed by atoms with van der Waals surface area (Å²) in [6.45, 7) is 0. The van der Waals surface area contributed by atoms with Gasteiger partial charge in [0.1, 0.15) is 0 Å². The molecule has 0 saturated heterocycles. The van der Waals surface area contributed by atoms with Crippen molar-refractivity contribution in [3.8, 4) is 0 Å². The van der Waals surface area contributed by atoms with Gasteiger partial charge in [0, 0.05) is 13.2 Å². The highest BCUT2D eigenvalue weighted by atomic mass is 15.2. The predicted octanol–water partition coefficient (Wildman–Crippen LogP) is 0.350. The van der Waals surface area contributed by atoms with E-state index in [0.29, 0.717) is 0 Å². The average molecular weight is 123 g/mol. The summed E-state index contributed by atoms with van der Waals surface area (Å²) in [7, 11) is 1.87. The van der Waals surface area contributed by atoms with E-state index in [1.165, 1.54) is 6.20 Å². The summed E-state index contributed by atoms with van der Waals surface area (Å²) >= 11 is 0. The first kappa shape index (κ1) is 5.88. The molecule has 2 N–H and O–H groups in total. The zero-order valence-corrected chi connectivity index (χ0v) is 5.28. The molecule has 0 fully saturated rings. The molecule has 1 rings (SSSR count). The third-order valence-corrected chi connectivity index (χ3v) is 1.00. The van der Waals surface area contributed by atoms with E-state index in [1.54, 1.807) is 10.8 Å². The van der Waals surface area contributed by atoms with Gasteiger partial charge in [-0.15, -0.1) is 0 Å². The van der Waals surface area contributed by atoms with Crippen molar-refractivity contribution in [3.05, 3.63) is 24.2 Å². The Morgan fingerprint density at radius 3 is 3.00 bits per heavy atom. The third-order valence-electron chi connectivity index (χ3n) is 1.00. The highest BCUT2D eigenvalue weighted by molar-refractivity contribution is 5.42. The Balaban J connectivity index is 2.85. The van der Waals surface area contributed by atoms with Gasteiger partial charge in [-0.3, -0.25) is 4.68 Å². The van der Waals surface area contributed by atoms with Crippen molar-refractivity contribution < 1.29 is 0 Å². The van der Waals surface area contributed by atoms with E-state index >= 15 is 0 Å². The summed E-state index contributed by atoms with van der Waals surface area (Å²) in [6, 6.07) is 1.89. The fraction of sp³-hybridized carbons (Fsp3) is 0.167. The molecule has 1 aromatic rings. The van der Waals surface area contributed by atoms with E-state index in [0.717, 1.165) is 5.69 Å². The fourth-order valence-electron chi connectivity index (χ4n) is 0.621. The van der Waals surface area contributed by atoms with Crippen molar-refractivity contribution >= 4 is 6.08 Å². The van der Waals surface area contributed by atoms with Crippen molar-refractivity contribution in [2.75, 3.05) is 0 Å². The van der Waals surface area contributed by atoms with Gasteiger partial charge in [-0.2, -0.15) is 5.10 Å². The van der Waals surface area contributed by atoms with Crippen LogP contribution in [0.2, 0.25) is 0 Å². The maximum Gasteiger partial charge on any atom is 0.0865 e. The van der Waals surface area contributed by atoms with E-state index in [1.807, 2.05) is 19.3 Å². The summed E-state index contributed by atoms with van der Waals surface area (Å²) in [5.41, 5.74) is 6.03. The molecule has 0 atom stereocenters. The second-order valence-corrected chi connectivity index (χ2v) is 1.77. The molecule has 0 aliphatic heterocycles. The number of nitrogens with zero attached hydrogens (tertiary/aromatic N) is 2. The van der Waals surface area contributed by atoms with E-state index in [2.05, 4.69) is 5.10 Å². The molecular weight excluding hydrogens is 114 g/mol. The standard InChI is InChI=1S/C6H9N3/c1-9-5-3-6(8-9)2-4-7/h2-5H,7H2,1H3/b4-2+. The Morgan fingerprint density at radius 2 is 2.56 bits per heavy atom. The minimum atomic E-state index is 0.889. The molecule has 1 heterocycles. The van der Waals surface area contributed by atoms with Gasteiger partial charge in [-0.05, 0) is 18.3 Å². The number of aromatic nitrogens is 2. The first-order valence-corrected chi connectivity index (χ1v) is 2.71. The highest BCUT2D eigenvalue weighted by Gasteiger charge is 1.86. The summed E-state index contributed by atoms with van der Waals surface area (Å²) in [4.78, 5) is 0.